The Kier molecular flexibility index (Phi) is 2.17. The summed E-state index contributed by atoms with van der Waals surface area (Å²) in [6.45, 7) is 1.81. The van der Waals surface area contributed by atoms with Gasteiger partial charge in [-0.05, 0) is 34.3 Å². The van der Waals surface area contributed by atoms with Crippen LogP contribution >= 0.6 is 27.3 Å². The highest BCUT2D eigenvalue weighted by atomic mass is 79.9. The molecule has 0 bridgehead atoms. The Morgan fingerprint density at radius 3 is 2.77 bits per heavy atom. The van der Waals surface area contributed by atoms with E-state index >= 15 is 0 Å². The van der Waals surface area contributed by atoms with Gasteiger partial charge in [0.15, 0.2) is 5.76 Å². The normalized spacial score (nSPS) is 10.6. The topological polar surface area (TPSA) is 33.4 Å². The molecule has 0 unspecified atom stereocenters. The summed E-state index contributed by atoms with van der Waals surface area (Å²) < 4.78 is 6.03. The van der Waals surface area contributed by atoms with Crippen molar-refractivity contribution in [3.8, 4) is 16.6 Å². The first kappa shape index (κ1) is 8.84. The van der Waals surface area contributed by atoms with Crippen LogP contribution in [0.5, 0.6) is 5.95 Å². The molecule has 0 radical (unpaired) electrons. The number of rotatable bonds is 1. The van der Waals surface area contributed by atoms with E-state index in [0.29, 0.717) is 5.76 Å². The van der Waals surface area contributed by atoms with Gasteiger partial charge in [0.2, 0.25) is 0 Å². The minimum atomic E-state index is -0.0183. The van der Waals surface area contributed by atoms with Crippen LogP contribution in [0.4, 0.5) is 0 Å². The summed E-state index contributed by atoms with van der Waals surface area (Å²) in [6, 6.07) is 3.90. The predicted molar refractivity (Wildman–Crippen MR) is 56.1 cm³/mol. The lowest BCUT2D eigenvalue weighted by atomic mass is 10.3. The summed E-state index contributed by atoms with van der Waals surface area (Å²) in [7, 11) is 0. The molecule has 1 N–H and O–H groups in total. The summed E-state index contributed by atoms with van der Waals surface area (Å²) in [5.41, 5.74) is 0.739. The molecule has 2 heterocycles. The van der Waals surface area contributed by atoms with Crippen molar-refractivity contribution in [3.63, 3.8) is 0 Å². The van der Waals surface area contributed by atoms with Gasteiger partial charge in [0.05, 0.1) is 9.35 Å². The zero-order valence-corrected chi connectivity index (χ0v) is 9.28. The fourth-order valence-electron chi connectivity index (χ4n) is 1.05. The number of furan rings is 1. The molecule has 0 aliphatic carbocycles. The van der Waals surface area contributed by atoms with Crippen molar-refractivity contribution in [3.05, 3.63) is 27.5 Å². The van der Waals surface area contributed by atoms with Crippen LogP contribution in [0.15, 0.2) is 26.4 Å². The van der Waals surface area contributed by atoms with E-state index in [-0.39, 0.29) is 5.95 Å². The van der Waals surface area contributed by atoms with Gasteiger partial charge in [-0.25, -0.2) is 0 Å². The molecule has 0 aromatic carbocycles. The summed E-state index contributed by atoms with van der Waals surface area (Å²) in [5.74, 6) is 0.681. The third kappa shape index (κ3) is 1.40. The van der Waals surface area contributed by atoms with E-state index in [1.165, 1.54) is 0 Å². The van der Waals surface area contributed by atoms with Crippen molar-refractivity contribution >= 4 is 27.3 Å². The molecule has 0 amide bonds. The minimum Gasteiger partial charge on any atom is -0.480 e. The number of halogens is 1. The lowest BCUT2D eigenvalue weighted by molar-refractivity contribution is 0.335. The van der Waals surface area contributed by atoms with Gasteiger partial charge in [-0.15, -0.1) is 11.3 Å². The van der Waals surface area contributed by atoms with Crippen molar-refractivity contribution in [2.24, 2.45) is 0 Å². The first-order chi connectivity index (χ1) is 6.20. The zero-order chi connectivity index (χ0) is 9.42. The molecule has 68 valence electrons. The highest BCUT2D eigenvalue weighted by Crippen LogP contribution is 2.40. The van der Waals surface area contributed by atoms with Gasteiger partial charge in [-0.1, -0.05) is 6.07 Å². The third-order valence-electron chi connectivity index (χ3n) is 1.79. The fourth-order valence-corrected chi connectivity index (χ4v) is 2.36. The monoisotopic (exact) mass is 258 g/mol. The SMILES string of the molecule is Cc1c(O)oc(-c2cccs2)c1Br. The van der Waals surface area contributed by atoms with Crippen LogP contribution in [0.1, 0.15) is 5.56 Å². The average Bonchev–Trinajstić information content (AvgIpc) is 2.70. The lowest BCUT2D eigenvalue weighted by Crippen LogP contribution is -1.67. The minimum absolute atomic E-state index is 0.0183. The quantitative estimate of drug-likeness (QED) is 0.845. The van der Waals surface area contributed by atoms with Gasteiger partial charge in [-0.2, -0.15) is 0 Å². The second-order valence-electron chi connectivity index (χ2n) is 2.65. The van der Waals surface area contributed by atoms with Crippen molar-refractivity contribution in [1.29, 1.82) is 0 Å². The Morgan fingerprint density at radius 1 is 1.54 bits per heavy atom. The highest BCUT2D eigenvalue weighted by Gasteiger charge is 2.16. The van der Waals surface area contributed by atoms with Gasteiger partial charge in [-0.3, -0.25) is 0 Å². The number of thiophene rings is 1. The van der Waals surface area contributed by atoms with E-state index in [1.54, 1.807) is 18.3 Å². The van der Waals surface area contributed by atoms with Gasteiger partial charge in [0.1, 0.15) is 0 Å². The standard InChI is InChI=1S/C9H7BrO2S/c1-5-7(10)8(12-9(5)11)6-3-2-4-13-6/h2-4,11H,1H3. The number of hydrogen-bond acceptors (Lipinski definition) is 3. The molecule has 0 atom stereocenters. The summed E-state index contributed by atoms with van der Waals surface area (Å²) >= 11 is 4.95. The van der Waals surface area contributed by atoms with Crippen LogP contribution in [0.2, 0.25) is 0 Å². The Bertz CT molecular complexity index is 417. The van der Waals surface area contributed by atoms with E-state index in [2.05, 4.69) is 15.9 Å². The van der Waals surface area contributed by atoms with E-state index in [9.17, 15) is 5.11 Å². The van der Waals surface area contributed by atoms with E-state index in [1.807, 2.05) is 17.5 Å². The van der Waals surface area contributed by atoms with Gasteiger partial charge in [0, 0.05) is 5.56 Å². The van der Waals surface area contributed by atoms with E-state index in [4.69, 9.17) is 4.42 Å². The first-order valence-electron chi connectivity index (χ1n) is 3.72. The molecular formula is C9H7BrO2S. The van der Waals surface area contributed by atoms with Crippen LogP contribution in [0.25, 0.3) is 10.6 Å². The Hall–Kier alpha value is -0.740. The van der Waals surface area contributed by atoms with E-state index in [0.717, 1.165) is 14.9 Å². The molecular weight excluding hydrogens is 252 g/mol. The van der Waals surface area contributed by atoms with Crippen LogP contribution in [-0.4, -0.2) is 5.11 Å². The maximum atomic E-state index is 9.33. The van der Waals surface area contributed by atoms with Gasteiger partial charge in [0.25, 0.3) is 5.95 Å². The maximum Gasteiger partial charge on any atom is 0.286 e. The van der Waals surface area contributed by atoms with Gasteiger partial charge < -0.3 is 9.52 Å². The molecule has 2 aromatic rings. The summed E-state index contributed by atoms with van der Waals surface area (Å²) in [4.78, 5) is 1.01. The fraction of sp³-hybridized carbons (Fsp3) is 0.111. The van der Waals surface area contributed by atoms with Crippen molar-refractivity contribution in [2.45, 2.75) is 6.92 Å². The van der Waals surface area contributed by atoms with Crippen LogP contribution in [0.3, 0.4) is 0 Å². The van der Waals surface area contributed by atoms with Crippen molar-refractivity contribution < 1.29 is 9.52 Å². The largest absolute Gasteiger partial charge is 0.480 e. The Balaban J connectivity index is 2.59. The summed E-state index contributed by atoms with van der Waals surface area (Å²) in [5, 5.41) is 11.3. The molecule has 4 heteroatoms. The zero-order valence-electron chi connectivity index (χ0n) is 6.87. The third-order valence-corrected chi connectivity index (χ3v) is 3.62. The summed E-state index contributed by atoms with van der Waals surface area (Å²) in [6.07, 6.45) is 0. The molecule has 0 saturated heterocycles. The predicted octanol–water partition coefficient (Wildman–Crippen LogP) is 3.78. The second kappa shape index (κ2) is 3.20. The van der Waals surface area contributed by atoms with Crippen molar-refractivity contribution in [1.82, 2.24) is 0 Å². The first-order valence-corrected chi connectivity index (χ1v) is 5.39. The van der Waals surface area contributed by atoms with E-state index < -0.39 is 0 Å². The van der Waals surface area contributed by atoms with Crippen LogP contribution in [0, 0.1) is 6.92 Å². The molecule has 0 fully saturated rings. The Labute approximate surface area is 87.9 Å². The second-order valence-corrected chi connectivity index (χ2v) is 4.39. The van der Waals surface area contributed by atoms with Crippen LogP contribution < -0.4 is 0 Å². The maximum absolute atomic E-state index is 9.33. The molecule has 0 aliphatic heterocycles. The molecule has 0 aliphatic rings. The molecule has 2 nitrogen and oxygen atoms in total. The lowest BCUT2D eigenvalue weighted by Gasteiger charge is -1.90. The molecule has 0 saturated carbocycles. The average molecular weight is 259 g/mol. The highest BCUT2D eigenvalue weighted by molar-refractivity contribution is 9.10. The smallest absolute Gasteiger partial charge is 0.286 e. The number of aromatic hydroxyl groups is 1. The number of hydrogen-bond donors (Lipinski definition) is 1. The molecule has 0 spiro atoms. The van der Waals surface area contributed by atoms with Crippen LogP contribution in [-0.2, 0) is 0 Å². The Morgan fingerprint density at radius 2 is 2.31 bits per heavy atom. The van der Waals surface area contributed by atoms with Gasteiger partial charge >= 0.3 is 0 Å². The molecule has 2 aromatic heterocycles. The molecule has 2 rings (SSSR count). The molecule has 13 heavy (non-hydrogen) atoms. The van der Waals surface area contributed by atoms with Crippen molar-refractivity contribution in [2.75, 3.05) is 0 Å².